The van der Waals surface area contributed by atoms with E-state index in [0.717, 1.165) is 13.0 Å². The van der Waals surface area contributed by atoms with Gasteiger partial charge in [-0.2, -0.15) is 0 Å². The minimum absolute atomic E-state index is 0.00817. The van der Waals surface area contributed by atoms with E-state index >= 15 is 0 Å². The molecule has 1 N–H and O–H groups in total. The number of likely N-dealkylation sites (N-methyl/N-ethyl adjacent to an activating group) is 1. The van der Waals surface area contributed by atoms with Gasteiger partial charge in [-0.05, 0) is 25.3 Å². The van der Waals surface area contributed by atoms with E-state index in [-0.39, 0.29) is 11.9 Å². The Morgan fingerprint density at radius 1 is 1.11 bits per heavy atom. The molecule has 3 nitrogen and oxygen atoms in total. The lowest BCUT2D eigenvalue weighted by molar-refractivity contribution is -0.131. The number of rotatable bonds is 10. The first-order chi connectivity index (χ1) is 8.49. The van der Waals surface area contributed by atoms with Crippen molar-refractivity contribution >= 4 is 5.91 Å². The molecule has 1 atom stereocenters. The van der Waals surface area contributed by atoms with Crippen LogP contribution in [0.2, 0.25) is 0 Å². The van der Waals surface area contributed by atoms with Gasteiger partial charge in [-0.3, -0.25) is 4.79 Å². The molecule has 0 aromatic heterocycles. The summed E-state index contributed by atoms with van der Waals surface area (Å²) in [5.41, 5.74) is 0. The fourth-order valence-corrected chi connectivity index (χ4v) is 2.06. The van der Waals surface area contributed by atoms with Crippen molar-refractivity contribution in [2.75, 3.05) is 20.6 Å². The van der Waals surface area contributed by atoms with Crippen LogP contribution in [0.1, 0.15) is 59.3 Å². The normalized spacial score (nSPS) is 12.8. The van der Waals surface area contributed by atoms with Gasteiger partial charge in [-0.25, -0.2) is 0 Å². The molecule has 0 saturated heterocycles. The van der Waals surface area contributed by atoms with Gasteiger partial charge >= 0.3 is 0 Å². The Balaban J connectivity index is 3.91. The van der Waals surface area contributed by atoms with Gasteiger partial charge in [0.1, 0.15) is 0 Å². The monoisotopic (exact) mass is 256 g/mol. The summed E-state index contributed by atoms with van der Waals surface area (Å²) < 4.78 is 0. The van der Waals surface area contributed by atoms with Crippen molar-refractivity contribution in [1.29, 1.82) is 0 Å². The molecule has 1 unspecified atom stereocenters. The van der Waals surface area contributed by atoms with Crippen LogP contribution < -0.4 is 5.32 Å². The molecule has 0 spiro atoms. The van der Waals surface area contributed by atoms with Crippen LogP contribution >= 0.6 is 0 Å². The number of nitrogens with one attached hydrogen (secondary N) is 1. The van der Waals surface area contributed by atoms with Crippen LogP contribution in [0.4, 0.5) is 0 Å². The minimum atomic E-state index is -0.00817. The molecule has 1 amide bonds. The molecule has 0 rings (SSSR count). The van der Waals surface area contributed by atoms with Gasteiger partial charge in [-0.1, -0.05) is 46.5 Å². The largest absolute Gasteiger partial charge is 0.347 e. The maximum Gasteiger partial charge on any atom is 0.239 e. The summed E-state index contributed by atoms with van der Waals surface area (Å²) in [6, 6.07) is -0.00817. The number of carbonyl (C=O) groups excluding carboxylic acids is 1. The standard InChI is InChI=1S/C15H32N2O/c1-6-7-8-9-10-11-16-14(12-13(2)3)15(18)17(4)5/h13-14,16H,6-12H2,1-5H3. The van der Waals surface area contributed by atoms with E-state index in [1.807, 2.05) is 14.1 Å². The number of amides is 1. The Morgan fingerprint density at radius 2 is 1.72 bits per heavy atom. The van der Waals surface area contributed by atoms with E-state index < -0.39 is 0 Å². The second-order valence-corrected chi connectivity index (χ2v) is 5.78. The second-order valence-electron chi connectivity index (χ2n) is 5.78. The number of carbonyl (C=O) groups is 1. The van der Waals surface area contributed by atoms with Gasteiger partial charge in [0.15, 0.2) is 0 Å². The molecule has 0 aliphatic carbocycles. The van der Waals surface area contributed by atoms with Gasteiger partial charge in [0, 0.05) is 14.1 Å². The fourth-order valence-electron chi connectivity index (χ4n) is 2.06. The van der Waals surface area contributed by atoms with E-state index in [4.69, 9.17) is 0 Å². The van der Waals surface area contributed by atoms with E-state index in [1.54, 1.807) is 4.90 Å². The Labute approximate surface area is 113 Å². The average molecular weight is 256 g/mol. The predicted octanol–water partition coefficient (Wildman–Crippen LogP) is 3.05. The highest BCUT2D eigenvalue weighted by molar-refractivity contribution is 5.81. The first-order valence-corrected chi connectivity index (χ1v) is 7.43. The number of nitrogens with zero attached hydrogens (tertiary/aromatic N) is 1. The molecule has 0 heterocycles. The van der Waals surface area contributed by atoms with Crippen LogP contribution in [-0.4, -0.2) is 37.5 Å². The summed E-state index contributed by atoms with van der Waals surface area (Å²) in [7, 11) is 3.66. The van der Waals surface area contributed by atoms with Crippen molar-refractivity contribution < 1.29 is 4.79 Å². The quantitative estimate of drug-likeness (QED) is 0.609. The van der Waals surface area contributed by atoms with Gasteiger partial charge in [-0.15, -0.1) is 0 Å². The molecule has 0 aromatic rings. The Bertz CT molecular complexity index is 215. The Kier molecular flexibility index (Phi) is 10.0. The number of hydrogen-bond donors (Lipinski definition) is 1. The van der Waals surface area contributed by atoms with Crippen molar-refractivity contribution in [3.8, 4) is 0 Å². The molecule has 18 heavy (non-hydrogen) atoms. The first-order valence-electron chi connectivity index (χ1n) is 7.43. The smallest absolute Gasteiger partial charge is 0.239 e. The molecule has 0 bridgehead atoms. The van der Waals surface area contributed by atoms with Crippen molar-refractivity contribution in [2.24, 2.45) is 5.92 Å². The highest BCUT2D eigenvalue weighted by atomic mass is 16.2. The zero-order valence-electron chi connectivity index (χ0n) is 13.0. The van der Waals surface area contributed by atoms with Crippen LogP contribution in [-0.2, 0) is 4.79 Å². The lowest BCUT2D eigenvalue weighted by atomic mass is 10.0. The minimum Gasteiger partial charge on any atom is -0.347 e. The Hall–Kier alpha value is -0.570. The lowest BCUT2D eigenvalue weighted by Gasteiger charge is -2.23. The van der Waals surface area contributed by atoms with Crippen LogP contribution in [0.25, 0.3) is 0 Å². The number of unbranched alkanes of at least 4 members (excludes halogenated alkanes) is 4. The molecule has 3 heteroatoms. The van der Waals surface area contributed by atoms with Crippen LogP contribution in [0.15, 0.2) is 0 Å². The topological polar surface area (TPSA) is 32.3 Å². The van der Waals surface area contributed by atoms with Gasteiger partial charge in [0.05, 0.1) is 6.04 Å². The summed E-state index contributed by atoms with van der Waals surface area (Å²) in [5.74, 6) is 0.753. The van der Waals surface area contributed by atoms with Crippen molar-refractivity contribution in [3.05, 3.63) is 0 Å². The van der Waals surface area contributed by atoms with Crippen LogP contribution in [0, 0.1) is 5.92 Å². The van der Waals surface area contributed by atoms with E-state index in [2.05, 4.69) is 26.1 Å². The molecule has 0 fully saturated rings. The van der Waals surface area contributed by atoms with Crippen LogP contribution in [0.3, 0.4) is 0 Å². The third kappa shape index (κ3) is 8.51. The van der Waals surface area contributed by atoms with E-state index in [1.165, 1.54) is 32.1 Å². The van der Waals surface area contributed by atoms with Crippen molar-refractivity contribution in [3.63, 3.8) is 0 Å². The predicted molar refractivity (Wildman–Crippen MR) is 78.7 cm³/mol. The maximum atomic E-state index is 12.0. The van der Waals surface area contributed by atoms with Crippen molar-refractivity contribution in [2.45, 2.75) is 65.3 Å². The molecule has 0 aliphatic rings. The molecule has 0 aromatic carbocycles. The highest BCUT2D eigenvalue weighted by Gasteiger charge is 2.20. The molecule has 0 saturated carbocycles. The maximum absolute atomic E-state index is 12.0. The Morgan fingerprint density at radius 3 is 2.22 bits per heavy atom. The first kappa shape index (κ1) is 17.4. The SMILES string of the molecule is CCCCCCCNC(CC(C)C)C(=O)N(C)C. The van der Waals surface area contributed by atoms with E-state index in [0.29, 0.717) is 5.92 Å². The molecule has 0 radical (unpaired) electrons. The lowest BCUT2D eigenvalue weighted by Crippen LogP contribution is -2.44. The molecular weight excluding hydrogens is 224 g/mol. The van der Waals surface area contributed by atoms with Crippen molar-refractivity contribution in [1.82, 2.24) is 10.2 Å². The highest BCUT2D eigenvalue weighted by Crippen LogP contribution is 2.08. The summed E-state index contributed by atoms with van der Waals surface area (Å²) in [4.78, 5) is 13.7. The summed E-state index contributed by atoms with van der Waals surface area (Å²) in [6.07, 6.45) is 7.29. The van der Waals surface area contributed by atoms with Gasteiger partial charge in [0.25, 0.3) is 0 Å². The third-order valence-electron chi connectivity index (χ3n) is 3.12. The summed E-state index contributed by atoms with van der Waals surface area (Å²) in [5, 5.41) is 3.42. The second kappa shape index (κ2) is 10.4. The zero-order valence-corrected chi connectivity index (χ0v) is 13.0. The molecule has 0 aliphatic heterocycles. The van der Waals surface area contributed by atoms with E-state index in [9.17, 15) is 4.79 Å². The molecular formula is C15H32N2O. The van der Waals surface area contributed by atoms with Crippen LogP contribution in [0.5, 0.6) is 0 Å². The van der Waals surface area contributed by atoms with Gasteiger partial charge in [0.2, 0.25) is 5.91 Å². The third-order valence-corrected chi connectivity index (χ3v) is 3.12. The fraction of sp³-hybridized carbons (Fsp3) is 0.933. The summed E-state index contributed by atoms with van der Waals surface area (Å²) in [6.45, 7) is 7.52. The zero-order chi connectivity index (χ0) is 14.0. The van der Waals surface area contributed by atoms with Gasteiger partial charge < -0.3 is 10.2 Å². The molecule has 108 valence electrons. The summed E-state index contributed by atoms with van der Waals surface area (Å²) >= 11 is 0. The number of hydrogen-bond acceptors (Lipinski definition) is 2. The average Bonchev–Trinajstić information content (AvgIpc) is 2.30.